The van der Waals surface area contributed by atoms with Gasteiger partial charge in [-0.05, 0) is 31.0 Å². The highest BCUT2D eigenvalue weighted by Gasteiger charge is 2.44. The zero-order chi connectivity index (χ0) is 29.2. The maximum atomic E-state index is 11.3. The van der Waals surface area contributed by atoms with Crippen LogP contribution in [0.15, 0.2) is 53.2 Å². The van der Waals surface area contributed by atoms with E-state index in [-0.39, 0.29) is 16.9 Å². The van der Waals surface area contributed by atoms with Crippen molar-refractivity contribution in [1.29, 1.82) is 0 Å². The van der Waals surface area contributed by atoms with E-state index in [1.54, 1.807) is 0 Å². The first-order valence-electron chi connectivity index (χ1n) is 13.2. The molecule has 41 heavy (non-hydrogen) atoms. The minimum absolute atomic E-state index is 0.0376. The zero-order valence-electron chi connectivity index (χ0n) is 23.6. The number of ether oxygens (including phenoxy) is 1. The summed E-state index contributed by atoms with van der Waals surface area (Å²) < 4.78 is 13.0. The highest BCUT2D eigenvalue weighted by molar-refractivity contribution is 7.23. The second-order valence-electron chi connectivity index (χ2n) is 11.0. The summed E-state index contributed by atoms with van der Waals surface area (Å²) in [5.41, 5.74) is 3.33. The van der Waals surface area contributed by atoms with Gasteiger partial charge in [0.05, 0.1) is 16.7 Å². The quantitative estimate of drug-likeness (QED) is 0.214. The summed E-state index contributed by atoms with van der Waals surface area (Å²) in [5, 5.41) is 12.3. The van der Waals surface area contributed by atoms with Gasteiger partial charge in [-0.3, -0.25) is 14.0 Å². The van der Waals surface area contributed by atoms with E-state index in [4.69, 9.17) is 14.2 Å². The van der Waals surface area contributed by atoms with Crippen LogP contribution in [-0.4, -0.2) is 51.0 Å². The van der Waals surface area contributed by atoms with Gasteiger partial charge < -0.3 is 25.2 Å². The lowest BCUT2D eigenvalue weighted by molar-refractivity contribution is -0.120. The Morgan fingerprint density at radius 3 is 2.51 bits per heavy atom. The maximum Gasteiger partial charge on any atom is 0.217 e. The summed E-state index contributed by atoms with van der Waals surface area (Å²) in [5.74, 6) is 2.20. The third kappa shape index (κ3) is 6.49. The second kappa shape index (κ2) is 11.2. The Bertz CT molecular complexity index is 1680. The van der Waals surface area contributed by atoms with E-state index in [1.807, 2.05) is 60.1 Å². The molecule has 0 aliphatic heterocycles. The summed E-state index contributed by atoms with van der Waals surface area (Å²) in [4.78, 5) is 32.9. The molecule has 6 rings (SSSR count). The number of hydrogen-bond acceptors (Lipinski definition) is 9. The minimum atomic E-state index is -0.238. The molecule has 4 aromatic heterocycles. The van der Waals surface area contributed by atoms with E-state index in [1.165, 1.54) is 18.3 Å². The van der Waals surface area contributed by atoms with Crippen molar-refractivity contribution in [2.75, 3.05) is 24.3 Å². The number of benzene rings is 1. The Morgan fingerprint density at radius 1 is 1.17 bits per heavy atom. The second-order valence-corrected chi connectivity index (χ2v) is 12.0. The van der Waals surface area contributed by atoms with Crippen LogP contribution >= 0.6 is 11.3 Å². The number of carbonyl (C=O) groups is 2. The molecule has 0 atom stereocenters. The third-order valence-electron chi connectivity index (χ3n) is 6.64. The maximum absolute atomic E-state index is 11.3. The topological polar surface area (TPSA) is 136 Å². The summed E-state index contributed by atoms with van der Waals surface area (Å²) in [7, 11) is 1.82. The number of fused-ring (bicyclic) bond motifs is 3. The van der Waals surface area contributed by atoms with Crippen LogP contribution in [0, 0.1) is 0 Å². The van der Waals surface area contributed by atoms with Gasteiger partial charge >= 0.3 is 0 Å². The van der Waals surface area contributed by atoms with Crippen molar-refractivity contribution in [2.24, 2.45) is 0 Å². The number of nitrogens with zero attached hydrogens (tertiary/aromatic N) is 4. The molecular formula is C29H33N7O4S. The van der Waals surface area contributed by atoms with E-state index in [2.05, 4.69) is 46.9 Å². The zero-order valence-corrected chi connectivity index (χ0v) is 24.5. The van der Waals surface area contributed by atoms with E-state index in [0.29, 0.717) is 18.9 Å². The molecule has 12 heteroatoms. The highest BCUT2D eigenvalue weighted by atomic mass is 32.1. The fourth-order valence-electron chi connectivity index (χ4n) is 4.18. The smallest absolute Gasteiger partial charge is 0.217 e. The van der Waals surface area contributed by atoms with Crippen LogP contribution in [0.4, 0.5) is 11.5 Å². The third-order valence-corrected chi connectivity index (χ3v) is 7.60. The molecule has 0 bridgehead atoms. The monoisotopic (exact) mass is 575 g/mol. The fraction of sp³-hybridized carbons (Fsp3) is 0.345. The van der Waals surface area contributed by atoms with E-state index in [0.717, 1.165) is 56.7 Å². The molecule has 1 fully saturated rings. The van der Waals surface area contributed by atoms with Gasteiger partial charge in [-0.15, -0.1) is 0 Å². The first kappa shape index (κ1) is 28.1. The molecule has 3 N–H and O–H groups in total. The molecule has 1 saturated carbocycles. The number of rotatable bonds is 8. The molecule has 0 spiro atoms. The van der Waals surface area contributed by atoms with Crippen molar-refractivity contribution in [3.05, 3.63) is 54.4 Å². The average Bonchev–Trinajstić information content (AvgIpc) is 3.26. The fourth-order valence-corrected chi connectivity index (χ4v) is 5.15. The average molecular weight is 576 g/mol. The summed E-state index contributed by atoms with van der Waals surface area (Å²) in [6.07, 6.45) is 4.49. The van der Waals surface area contributed by atoms with Crippen molar-refractivity contribution >= 4 is 50.5 Å². The van der Waals surface area contributed by atoms with Gasteiger partial charge in [-0.2, -0.15) is 0 Å². The summed E-state index contributed by atoms with van der Waals surface area (Å²) >= 11 is 1.49. The molecule has 0 saturated heterocycles. The summed E-state index contributed by atoms with van der Waals surface area (Å²) in [6.45, 7) is 8.22. The van der Waals surface area contributed by atoms with Crippen LogP contribution in [0.25, 0.3) is 26.6 Å². The first-order valence-corrected chi connectivity index (χ1v) is 14.1. The van der Waals surface area contributed by atoms with E-state index in [9.17, 15) is 9.59 Å². The number of pyridine rings is 1. The molecule has 5 aromatic rings. The molecule has 0 radical (unpaired) electrons. The van der Waals surface area contributed by atoms with Gasteiger partial charge in [0.2, 0.25) is 18.2 Å². The molecule has 1 aliphatic rings. The predicted octanol–water partition coefficient (Wildman–Crippen LogP) is 5.24. The van der Waals surface area contributed by atoms with E-state index < -0.39 is 0 Å². The van der Waals surface area contributed by atoms with Crippen LogP contribution in [-0.2, 0) is 15.0 Å². The molecule has 4 heterocycles. The van der Waals surface area contributed by atoms with Crippen molar-refractivity contribution in [3.8, 4) is 17.1 Å². The van der Waals surface area contributed by atoms with Crippen LogP contribution in [0.3, 0.4) is 0 Å². The number of amides is 2. The molecule has 0 unspecified atom stereocenters. The van der Waals surface area contributed by atoms with Crippen LogP contribution in [0.5, 0.6) is 5.88 Å². The van der Waals surface area contributed by atoms with Gasteiger partial charge in [0.25, 0.3) is 0 Å². The molecule has 2 amide bonds. The lowest BCUT2D eigenvalue weighted by Crippen LogP contribution is -2.40. The Balaban J connectivity index is 0.000000259. The number of nitrogens with one attached hydrogen (secondary N) is 3. The van der Waals surface area contributed by atoms with Gasteiger partial charge in [-0.1, -0.05) is 49.4 Å². The summed E-state index contributed by atoms with van der Waals surface area (Å²) in [6, 6.07) is 13.3. The lowest BCUT2D eigenvalue weighted by Gasteiger charge is -2.16. The number of anilines is 2. The van der Waals surface area contributed by atoms with Crippen LogP contribution < -0.4 is 20.7 Å². The lowest BCUT2D eigenvalue weighted by atomic mass is 9.93. The molecule has 1 aromatic carbocycles. The number of carbonyl (C=O) groups excluding carboxylic acids is 2. The standard InChI is InChI=1S/C21H19N5O3S.C8H14N2O/c1-13(28)25-21(8-9-21)11-29-18-7-6-17-19(24-18)30-20-23-16(10-26(17)20)14-2-4-15(5-3-14)22-12-27;1-8(2,3)6-5-7(9-4)10-11-6/h2-7,10,12H,8-9,11H2,1H3,(H,22,27)(H,25,28);5H,1-4H3,(H,9,10). The molecular weight excluding hydrogens is 542 g/mol. The number of aromatic nitrogens is 4. The van der Waals surface area contributed by atoms with Gasteiger partial charge in [0.15, 0.2) is 10.8 Å². The number of imidazole rings is 1. The Labute approximate surface area is 241 Å². The minimum Gasteiger partial charge on any atom is -0.475 e. The number of hydrogen-bond donors (Lipinski definition) is 3. The van der Waals surface area contributed by atoms with Crippen molar-refractivity contribution in [2.45, 2.75) is 51.5 Å². The van der Waals surface area contributed by atoms with Crippen molar-refractivity contribution in [1.82, 2.24) is 24.8 Å². The SMILES string of the molecule is CC(=O)NC1(COc2ccc3c(n2)sc2nc(-c4ccc(NC=O)cc4)cn23)CC1.CNc1cc(C(C)(C)C)on1. The van der Waals surface area contributed by atoms with Crippen LogP contribution in [0.2, 0.25) is 0 Å². The first-order chi connectivity index (χ1) is 19.6. The predicted molar refractivity (Wildman–Crippen MR) is 160 cm³/mol. The normalized spacial score (nSPS) is 13.8. The highest BCUT2D eigenvalue weighted by Crippen LogP contribution is 2.36. The van der Waals surface area contributed by atoms with E-state index >= 15 is 0 Å². The molecule has 1 aliphatic carbocycles. The molecule has 214 valence electrons. The van der Waals surface area contributed by atoms with Gasteiger partial charge in [-0.25, -0.2) is 9.97 Å². The van der Waals surface area contributed by atoms with Crippen LogP contribution in [0.1, 0.15) is 46.3 Å². The largest absolute Gasteiger partial charge is 0.475 e. The van der Waals surface area contributed by atoms with Crippen molar-refractivity contribution in [3.63, 3.8) is 0 Å². The Hall–Kier alpha value is -4.45. The van der Waals surface area contributed by atoms with Gasteiger partial charge in [0, 0.05) is 49.0 Å². The molecule has 11 nitrogen and oxygen atoms in total. The number of thiazole rings is 1. The Kier molecular flexibility index (Phi) is 7.68. The Morgan fingerprint density at radius 2 is 1.93 bits per heavy atom. The van der Waals surface area contributed by atoms with Crippen molar-refractivity contribution < 1.29 is 18.8 Å². The van der Waals surface area contributed by atoms with Gasteiger partial charge in [0.1, 0.15) is 17.2 Å².